The number of carbonyl (C=O) groups is 1. The molecule has 0 atom stereocenters. The molecule has 0 fully saturated rings. The zero-order valence-electron chi connectivity index (χ0n) is 11.8. The summed E-state index contributed by atoms with van der Waals surface area (Å²) in [5.74, 6) is -0.379. The lowest BCUT2D eigenvalue weighted by Crippen LogP contribution is -2.39. The number of fused-ring (bicyclic) bond motifs is 1. The summed E-state index contributed by atoms with van der Waals surface area (Å²) in [4.78, 5) is 26.4. The van der Waals surface area contributed by atoms with E-state index >= 15 is 0 Å². The van der Waals surface area contributed by atoms with Crippen molar-refractivity contribution in [3.05, 3.63) is 40.6 Å². The maximum atomic E-state index is 12.4. The molecule has 0 aliphatic carbocycles. The van der Waals surface area contributed by atoms with Crippen LogP contribution in [0, 0.1) is 11.8 Å². The molecule has 0 unspecified atom stereocenters. The molecule has 0 spiro atoms. The van der Waals surface area contributed by atoms with Gasteiger partial charge in [-0.15, -0.1) is 0 Å². The van der Waals surface area contributed by atoms with Crippen molar-refractivity contribution < 1.29 is 14.4 Å². The molecule has 0 aliphatic rings. The zero-order valence-corrected chi connectivity index (χ0v) is 11.8. The van der Waals surface area contributed by atoms with Crippen LogP contribution < -0.4 is 4.43 Å². The molecule has 6 heteroatoms. The van der Waals surface area contributed by atoms with Crippen LogP contribution in [0.4, 0.5) is 0 Å². The predicted octanol–water partition coefficient (Wildman–Crippen LogP) is 1.58. The van der Waals surface area contributed by atoms with Gasteiger partial charge in [-0.05, 0) is 26.8 Å². The van der Waals surface area contributed by atoms with Crippen LogP contribution in [0.25, 0.3) is 11.0 Å². The molecule has 20 heavy (non-hydrogen) atoms. The molecule has 106 valence electrons. The fraction of sp³-hybridized carbons (Fsp3) is 0.357. The number of para-hydroxylation sites is 2. The molecule has 1 amide bonds. The fourth-order valence-corrected chi connectivity index (χ4v) is 2.27. The minimum absolute atomic E-state index is 0.0464. The molecule has 1 aromatic carbocycles. The fourth-order valence-electron chi connectivity index (χ4n) is 2.27. The first-order valence-corrected chi connectivity index (χ1v) is 6.58. The number of amides is 1. The Kier molecular flexibility index (Phi) is 3.74. The van der Waals surface area contributed by atoms with Gasteiger partial charge in [0.15, 0.2) is 5.52 Å². The van der Waals surface area contributed by atoms with Gasteiger partial charge in [0.1, 0.15) is 5.69 Å². The summed E-state index contributed by atoms with van der Waals surface area (Å²) in [7, 11) is 0. The topological polar surface area (TPSA) is 68.4 Å². The molecule has 1 aromatic heterocycles. The van der Waals surface area contributed by atoms with Crippen LogP contribution in [0.2, 0.25) is 0 Å². The SMILES string of the molecule is CCN(CC)C(=O)c1c(C)n(O)c2ccccc2[n+]1=O. The average molecular weight is 276 g/mol. The predicted molar refractivity (Wildman–Crippen MR) is 74.5 cm³/mol. The third kappa shape index (κ3) is 2.03. The lowest BCUT2D eigenvalue weighted by Gasteiger charge is -2.16. The highest BCUT2D eigenvalue weighted by molar-refractivity contribution is 5.93. The standard InChI is InChI=1S/C14H18N3O3/c1-4-15(5-2)14(18)13-10(3)16(19)11-8-6-7-9-12(11)17(13)20/h6-9,19H,4-5H2,1-3H3/q+1. The average Bonchev–Trinajstić information content (AvgIpc) is 2.46. The van der Waals surface area contributed by atoms with Crippen molar-refractivity contribution in [1.29, 1.82) is 0 Å². The molecule has 0 bridgehead atoms. The largest absolute Gasteiger partial charge is 0.428 e. The normalized spacial score (nSPS) is 10.8. The van der Waals surface area contributed by atoms with Crippen molar-refractivity contribution in [3.63, 3.8) is 0 Å². The van der Waals surface area contributed by atoms with Crippen LogP contribution in [0.1, 0.15) is 30.0 Å². The highest BCUT2D eigenvalue weighted by Gasteiger charge is 2.31. The monoisotopic (exact) mass is 276 g/mol. The summed E-state index contributed by atoms with van der Waals surface area (Å²) in [5.41, 5.74) is 0.817. The second-order valence-electron chi connectivity index (χ2n) is 4.51. The Morgan fingerprint density at radius 3 is 2.50 bits per heavy atom. The van der Waals surface area contributed by atoms with E-state index in [9.17, 15) is 14.9 Å². The van der Waals surface area contributed by atoms with E-state index in [1.165, 1.54) is 0 Å². The van der Waals surface area contributed by atoms with E-state index in [1.54, 1.807) is 36.1 Å². The lowest BCUT2D eigenvalue weighted by molar-refractivity contribution is -0.469. The Hall–Kier alpha value is -2.37. The molecular weight excluding hydrogens is 258 g/mol. The first-order valence-electron chi connectivity index (χ1n) is 6.58. The second-order valence-corrected chi connectivity index (χ2v) is 4.51. The van der Waals surface area contributed by atoms with Gasteiger partial charge in [0.25, 0.3) is 5.52 Å². The minimum atomic E-state index is -0.379. The Balaban J connectivity index is 2.78. The van der Waals surface area contributed by atoms with Gasteiger partial charge in [-0.1, -0.05) is 12.1 Å². The molecule has 0 aliphatic heterocycles. The maximum Gasteiger partial charge on any atom is 0.350 e. The van der Waals surface area contributed by atoms with E-state index in [1.807, 2.05) is 13.8 Å². The van der Waals surface area contributed by atoms with Gasteiger partial charge < -0.3 is 10.1 Å². The first kappa shape index (κ1) is 14.0. The van der Waals surface area contributed by atoms with Crippen LogP contribution in [0.3, 0.4) is 0 Å². The summed E-state index contributed by atoms with van der Waals surface area (Å²) in [6.45, 7) is 6.26. The molecule has 0 saturated heterocycles. The number of nitrogens with zero attached hydrogens (tertiary/aromatic N) is 3. The summed E-state index contributed by atoms with van der Waals surface area (Å²) < 4.78 is 1.48. The summed E-state index contributed by atoms with van der Waals surface area (Å²) in [5, 5.41) is 10.1. The molecule has 0 saturated carbocycles. The van der Waals surface area contributed by atoms with E-state index in [2.05, 4.69) is 0 Å². The van der Waals surface area contributed by atoms with E-state index in [0.717, 1.165) is 4.73 Å². The number of rotatable bonds is 3. The maximum absolute atomic E-state index is 12.4. The van der Waals surface area contributed by atoms with Gasteiger partial charge in [-0.25, -0.2) is 0 Å². The van der Waals surface area contributed by atoms with Gasteiger partial charge in [0, 0.05) is 24.1 Å². The Bertz CT molecular complexity index is 717. The van der Waals surface area contributed by atoms with E-state index in [-0.39, 0.29) is 22.8 Å². The third-order valence-corrected chi connectivity index (χ3v) is 3.45. The van der Waals surface area contributed by atoms with Crippen LogP contribution in [-0.2, 0) is 0 Å². The summed E-state index contributed by atoms with van der Waals surface area (Å²) >= 11 is 0. The van der Waals surface area contributed by atoms with Crippen LogP contribution in [-0.4, -0.2) is 33.8 Å². The van der Waals surface area contributed by atoms with Crippen molar-refractivity contribution >= 4 is 16.9 Å². The molecule has 0 radical (unpaired) electrons. The number of carbonyl (C=O) groups excluding carboxylic acids is 1. The van der Waals surface area contributed by atoms with Crippen LogP contribution >= 0.6 is 0 Å². The lowest BCUT2D eigenvalue weighted by atomic mass is 10.2. The van der Waals surface area contributed by atoms with Crippen molar-refractivity contribution in [3.8, 4) is 0 Å². The Morgan fingerprint density at radius 2 is 1.90 bits per heavy atom. The zero-order chi connectivity index (χ0) is 14.9. The Morgan fingerprint density at radius 1 is 1.30 bits per heavy atom. The molecule has 1 heterocycles. The van der Waals surface area contributed by atoms with Gasteiger partial charge in [-0.2, -0.15) is 4.73 Å². The van der Waals surface area contributed by atoms with Crippen molar-refractivity contribution in [2.45, 2.75) is 20.8 Å². The van der Waals surface area contributed by atoms with E-state index in [4.69, 9.17) is 0 Å². The molecule has 1 N–H and O–H groups in total. The van der Waals surface area contributed by atoms with Gasteiger partial charge >= 0.3 is 11.6 Å². The number of hydrogen-bond acceptors (Lipinski definition) is 3. The van der Waals surface area contributed by atoms with Crippen molar-refractivity contribution in [1.82, 2.24) is 9.63 Å². The van der Waals surface area contributed by atoms with E-state index in [0.29, 0.717) is 23.0 Å². The van der Waals surface area contributed by atoms with Crippen molar-refractivity contribution in [2.75, 3.05) is 13.1 Å². The van der Waals surface area contributed by atoms with Gasteiger partial charge in [0.2, 0.25) is 0 Å². The van der Waals surface area contributed by atoms with Crippen LogP contribution in [0.15, 0.2) is 24.3 Å². The van der Waals surface area contributed by atoms with Gasteiger partial charge in [-0.3, -0.25) is 4.79 Å². The highest BCUT2D eigenvalue weighted by atomic mass is 16.5. The molecule has 2 rings (SSSR count). The Labute approximate surface area is 116 Å². The molecule has 6 nitrogen and oxygen atoms in total. The minimum Gasteiger partial charge on any atom is -0.428 e. The van der Waals surface area contributed by atoms with Crippen LogP contribution in [0.5, 0.6) is 0 Å². The molecular formula is C14H18N3O3+. The second kappa shape index (κ2) is 5.32. The number of hydrogen-bond donors (Lipinski definition) is 1. The van der Waals surface area contributed by atoms with E-state index < -0.39 is 0 Å². The third-order valence-electron chi connectivity index (χ3n) is 3.45. The molecule has 2 aromatic rings. The summed E-state index contributed by atoms with van der Waals surface area (Å²) in [6.07, 6.45) is 0. The smallest absolute Gasteiger partial charge is 0.350 e. The first-order chi connectivity index (χ1) is 9.52. The number of benzene rings is 1. The quantitative estimate of drug-likeness (QED) is 0.683. The highest BCUT2D eigenvalue weighted by Crippen LogP contribution is 2.14. The van der Waals surface area contributed by atoms with Crippen molar-refractivity contribution in [2.24, 2.45) is 0 Å². The van der Waals surface area contributed by atoms with Gasteiger partial charge in [0.05, 0.1) is 4.43 Å². The number of aromatic nitrogens is 2. The summed E-state index contributed by atoms with van der Waals surface area (Å²) in [6, 6.07) is 6.62.